The number of rotatable bonds is 5. The van der Waals surface area contributed by atoms with Crippen molar-refractivity contribution in [2.45, 2.75) is 18.2 Å². The monoisotopic (exact) mass is 352 g/mol. The average Bonchev–Trinajstić information content (AvgIpc) is 2.99. The molecular formula is C16H24N4O3S. The number of amides is 1. The summed E-state index contributed by atoms with van der Waals surface area (Å²) in [5.74, 6) is -0.0602. The summed E-state index contributed by atoms with van der Waals surface area (Å²) in [4.78, 5) is 15.8. The van der Waals surface area contributed by atoms with Gasteiger partial charge in [-0.15, -0.1) is 0 Å². The summed E-state index contributed by atoms with van der Waals surface area (Å²) in [5.41, 5.74) is 1.73. The SMILES string of the molecule is CC(=O)N1CCc2ccc(S(=O)(=O)NCCN3CCNCC3)cc21. The Morgan fingerprint density at radius 2 is 2.00 bits per heavy atom. The van der Waals surface area contributed by atoms with Gasteiger partial charge in [0.2, 0.25) is 15.9 Å². The van der Waals surface area contributed by atoms with Gasteiger partial charge < -0.3 is 10.2 Å². The topological polar surface area (TPSA) is 81.8 Å². The van der Waals surface area contributed by atoms with Crippen molar-refractivity contribution in [3.8, 4) is 0 Å². The zero-order valence-corrected chi connectivity index (χ0v) is 14.7. The molecule has 0 spiro atoms. The van der Waals surface area contributed by atoms with Crippen LogP contribution in [0.1, 0.15) is 12.5 Å². The maximum Gasteiger partial charge on any atom is 0.240 e. The van der Waals surface area contributed by atoms with Gasteiger partial charge in [0.05, 0.1) is 4.90 Å². The number of sulfonamides is 1. The second-order valence-corrected chi connectivity index (χ2v) is 7.97. The molecular weight excluding hydrogens is 328 g/mol. The number of anilines is 1. The maximum atomic E-state index is 12.5. The molecule has 8 heteroatoms. The number of carbonyl (C=O) groups excluding carboxylic acids is 1. The summed E-state index contributed by atoms with van der Waals surface area (Å²) in [7, 11) is -3.56. The van der Waals surface area contributed by atoms with E-state index in [9.17, 15) is 13.2 Å². The van der Waals surface area contributed by atoms with E-state index < -0.39 is 10.0 Å². The van der Waals surface area contributed by atoms with Crippen molar-refractivity contribution in [1.82, 2.24) is 14.9 Å². The van der Waals surface area contributed by atoms with Gasteiger partial charge in [-0.2, -0.15) is 0 Å². The van der Waals surface area contributed by atoms with Crippen molar-refractivity contribution in [2.75, 3.05) is 50.7 Å². The van der Waals surface area contributed by atoms with Gasteiger partial charge in [-0.05, 0) is 24.1 Å². The van der Waals surface area contributed by atoms with Crippen LogP contribution in [0.25, 0.3) is 0 Å². The summed E-state index contributed by atoms with van der Waals surface area (Å²) >= 11 is 0. The van der Waals surface area contributed by atoms with E-state index in [1.165, 1.54) is 6.92 Å². The first-order chi connectivity index (χ1) is 11.5. The molecule has 7 nitrogen and oxygen atoms in total. The van der Waals surface area contributed by atoms with Crippen LogP contribution in [-0.4, -0.2) is 65.0 Å². The Hall–Kier alpha value is -1.48. The lowest BCUT2D eigenvalue weighted by Gasteiger charge is -2.27. The van der Waals surface area contributed by atoms with E-state index in [0.717, 1.165) is 38.2 Å². The predicted octanol–water partition coefficient (Wildman–Crippen LogP) is -0.221. The predicted molar refractivity (Wildman–Crippen MR) is 92.7 cm³/mol. The molecule has 3 rings (SSSR count). The van der Waals surface area contributed by atoms with E-state index >= 15 is 0 Å². The number of piperazine rings is 1. The quantitative estimate of drug-likeness (QED) is 0.766. The van der Waals surface area contributed by atoms with Crippen LogP contribution in [0.5, 0.6) is 0 Å². The number of nitrogens with one attached hydrogen (secondary N) is 2. The number of hydrogen-bond acceptors (Lipinski definition) is 5. The molecule has 1 aromatic carbocycles. The molecule has 1 saturated heterocycles. The van der Waals surface area contributed by atoms with Crippen LogP contribution >= 0.6 is 0 Å². The van der Waals surface area contributed by atoms with Crippen molar-refractivity contribution in [3.05, 3.63) is 23.8 Å². The minimum Gasteiger partial charge on any atom is -0.314 e. The highest BCUT2D eigenvalue weighted by molar-refractivity contribution is 7.89. The Morgan fingerprint density at radius 1 is 1.25 bits per heavy atom. The molecule has 0 bridgehead atoms. The van der Waals surface area contributed by atoms with Gasteiger partial charge >= 0.3 is 0 Å². The maximum absolute atomic E-state index is 12.5. The molecule has 0 aromatic heterocycles. The normalized spacial score (nSPS) is 18.6. The van der Waals surface area contributed by atoms with Gasteiger partial charge in [0.1, 0.15) is 0 Å². The Labute approximate surface area is 143 Å². The van der Waals surface area contributed by atoms with Gasteiger partial charge in [0, 0.05) is 58.4 Å². The van der Waals surface area contributed by atoms with Crippen molar-refractivity contribution in [2.24, 2.45) is 0 Å². The van der Waals surface area contributed by atoms with Crippen molar-refractivity contribution in [1.29, 1.82) is 0 Å². The number of hydrogen-bond donors (Lipinski definition) is 2. The van der Waals surface area contributed by atoms with E-state index in [1.54, 1.807) is 17.0 Å². The van der Waals surface area contributed by atoms with Crippen LogP contribution in [0.4, 0.5) is 5.69 Å². The highest BCUT2D eigenvalue weighted by Gasteiger charge is 2.25. The first-order valence-electron chi connectivity index (χ1n) is 8.31. The zero-order chi connectivity index (χ0) is 17.2. The van der Waals surface area contributed by atoms with E-state index in [1.807, 2.05) is 6.07 Å². The fraction of sp³-hybridized carbons (Fsp3) is 0.562. The molecule has 0 atom stereocenters. The summed E-state index contributed by atoms with van der Waals surface area (Å²) in [5, 5.41) is 3.27. The minimum absolute atomic E-state index is 0.0602. The second kappa shape index (κ2) is 7.18. The minimum atomic E-state index is -3.56. The average molecular weight is 352 g/mol. The molecule has 1 fully saturated rings. The molecule has 1 amide bonds. The molecule has 0 unspecified atom stereocenters. The lowest BCUT2D eigenvalue weighted by Crippen LogP contribution is -2.46. The van der Waals surface area contributed by atoms with Gasteiger partial charge in [0.15, 0.2) is 0 Å². The molecule has 2 aliphatic rings. The molecule has 132 valence electrons. The highest BCUT2D eigenvalue weighted by Crippen LogP contribution is 2.30. The van der Waals surface area contributed by atoms with Crippen LogP contribution in [0.2, 0.25) is 0 Å². The fourth-order valence-corrected chi connectivity index (χ4v) is 4.25. The molecule has 2 aliphatic heterocycles. The van der Waals surface area contributed by atoms with Crippen molar-refractivity contribution in [3.63, 3.8) is 0 Å². The van der Waals surface area contributed by atoms with Crippen LogP contribution in [0.15, 0.2) is 23.1 Å². The van der Waals surface area contributed by atoms with Crippen molar-refractivity contribution < 1.29 is 13.2 Å². The van der Waals surface area contributed by atoms with E-state index in [2.05, 4.69) is 14.9 Å². The van der Waals surface area contributed by atoms with Crippen LogP contribution < -0.4 is 14.9 Å². The fourth-order valence-electron chi connectivity index (χ4n) is 3.21. The van der Waals surface area contributed by atoms with Gasteiger partial charge in [-0.3, -0.25) is 9.69 Å². The van der Waals surface area contributed by atoms with E-state index in [0.29, 0.717) is 25.3 Å². The third-order valence-corrected chi connectivity index (χ3v) is 6.03. The largest absolute Gasteiger partial charge is 0.314 e. The third-order valence-electron chi connectivity index (χ3n) is 4.57. The second-order valence-electron chi connectivity index (χ2n) is 6.20. The molecule has 1 aromatic rings. The molecule has 2 heterocycles. The summed E-state index contributed by atoms with van der Waals surface area (Å²) in [6, 6.07) is 5.04. The van der Waals surface area contributed by atoms with E-state index in [-0.39, 0.29) is 10.8 Å². The van der Waals surface area contributed by atoms with Crippen molar-refractivity contribution >= 4 is 21.6 Å². The lowest BCUT2D eigenvalue weighted by atomic mass is 10.2. The molecule has 24 heavy (non-hydrogen) atoms. The molecule has 2 N–H and O–H groups in total. The Balaban J connectivity index is 1.66. The molecule has 0 radical (unpaired) electrons. The first-order valence-corrected chi connectivity index (χ1v) is 9.79. The molecule has 0 saturated carbocycles. The third kappa shape index (κ3) is 3.77. The van der Waals surface area contributed by atoms with E-state index in [4.69, 9.17) is 0 Å². The first kappa shape index (κ1) is 17.3. The Kier molecular flexibility index (Phi) is 5.19. The summed E-state index contributed by atoms with van der Waals surface area (Å²) in [6.07, 6.45) is 0.770. The lowest BCUT2D eigenvalue weighted by molar-refractivity contribution is -0.116. The number of fused-ring (bicyclic) bond motifs is 1. The highest BCUT2D eigenvalue weighted by atomic mass is 32.2. The zero-order valence-electron chi connectivity index (χ0n) is 13.9. The summed E-state index contributed by atoms with van der Waals surface area (Å²) in [6.45, 7) is 6.97. The molecule has 0 aliphatic carbocycles. The standard InChI is InChI=1S/C16H24N4O3S/c1-13(21)20-8-4-14-2-3-15(12-16(14)20)24(22,23)18-7-11-19-9-5-17-6-10-19/h2-3,12,17-18H,4-11H2,1H3. The van der Waals surface area contributed by atoms with Crippen LogP contribution in [0.3, 0.4) is 0 Å². The van der Waals surface area contributed by atoms with Gasteiger partial charge in [0.25, 0.3) is 0 Å². The van der Waals surface area contributed by atoms with Crippen LogP contribution in [0, 0.1) is 0 Å². The Morgan fingerprint density at radius 3 is 2.71 bits per heavy atom. The summed E-state index contributed by atoms with van der Waals surface area (Å²) < 4.78 is 27.7. The number of nitrogens with zero attached hydrogens (tertiary/aromatic N) is 2. The Bertz CT molecular complexity index is 714. The number of carbonyl (C=O) groups is 1. The number of benzene rings is 1. The van der Waals surface area contributed by atoms with Gasteiger partial charge in [-0.25, -0.2) is 13.1 Å². The smallest absolute Gasteiger partial charge is 0.240 e. The van der Waals surface area contributed by atoms with Gasteiger partial charge in [-0.1, -0.05) is 6.07 Å². The van der Waals surface area contributed by atoms with Crippen LogP contribution in [-0.2, 0) is 21.2 Å².